The third-order valence-corrected chi connectivity index (χ3v) is 5.47. The SMILES string of the molecule is CC(=O)N1C[C@H](C(=O)NCCc2cccs2)C[C@@H]2OCC[C@@H]21. The Morgan fingerprint density at radius 1 is 1.50 bits per heavy atom. The molecule has 2 amide bonds. The second-order valence-corrected chi connectivity index (χ2v) is 7.02. The molecule has 3 atom stereocenters. The van der Waals surface area contributed by atoms with E-state index < -0.39 is 0 Å². The molecular formula is C16H22N2O3S. The predicted octanol–water partition coefficient (Wildman–Crippen LogP) is 1.43. The summed E-state index contributed by atoms with van der Waals surface area (Å²) < 4.78 is 5.71. The second-order valence-electron chi connectivity index (χ2n) is 5.99. The standard InChI is InChI=1S/C16H22N2O3S/c1-11(19)18-10-12(9-15-14(18)5-7-21-15)16(20)17-6-4-13-3-2-8-22-13/h2-3,8,12,14-15H,4-7,9-10H2,1H3,(H,17,20)/t12-,14+,15+/m1/s1. The van der Waals surface area contributed by atoms with Crippen LogP contribution in [0.3, 0.4) is 0 Å². The number of amides is 2. The van der Waals surface area contributed by atoms with Gasteiger partial charge in [-0.2, -0.15) is 0 Å². The van der Waals surface area contributed by atoms with Crippen molar-refractivity contribution in [3.63, 3.8) is 0 Å². The van der Waals surface area contributed by atoms with Gasteiger partial charge < -0.3 is 15.0 Å². The van der Waals surface area contributed by atoms with Crippen LogP contribution in [0, 0.1) is 5.92 Å². The zero-order chi connectivity index (χ0) is 15.5. The zero-order valence-corrected chi connectivity index (χ0v) is 13.6. The fourth-order valence-electron chi connectivity index (χ4n) is 3.41. The molecular weight excluding hydrogens is 300 g/mol. The first-order valence-corrected chi connectivity index (χ1v) is 8.72. The van der Waals surface area contributed by atoms with Gasteiger partial charge in [0, 0.05) is 31.5 Å². The lowest BCUT2D eigenvalue weighted by Gasteiger charge is -2.39. The first-order valence-electron chi connectivity index (χ1n) is 7.84. The maximum absolute atomic E-state index is 12.4. The molecule has 2 saturated heterocycles. The molecule has 2 aliphatic heterocycles. The molecule has 1 aromatic heterocycles. The van der Waals surface area contributed by atoms with Gasteiger partial charge in [0.15, 0.2) is 0 Å². The van der Waals surface area contributed by atoms with Gasteiger partial charge in [-0.05, 0) is 30.7 Å². The fourth-order valence-corrected chi connectivity index (χ4v) is 4.12. The van der Waals surface area contributed by atoms with Crippen molar-refractivity contribution >= 4 is 23.2 Å². The summed E-state index contributed by atoms with van der Waals surface area (Å²) >= 11 is 1.70. The van der Waals surface area contributed by atoms with E-state index >= 15 is 0 Å². The lowest BCUT2D eigenvalue weighted by molar-refractivity contribution is -0.140. The van der Waals surface area contributed by atoms with Crippen molar-refractivity contribution in [3.05, 3.63) is 22.4 Å². The second kappa shape index (κ2) is 6.79. The van der Waals surface area contributed by atoms with Crippen LogP contribution in [0.5, 0.6) is 0 Å². The largest absolute Gasteiger partial charge is 0.376 e. The minimum absolute atomic E-state index is 0.0192. The number of rotatable bonds is 4. The highest BCUT2D eigenvalue weighted by Gasteiger charge is 2.43. The Balaban J connectivity index is 1.54. The van der Waals surface area contributed by atoms with E-state index in [1.807, 2.05) is 16.3 Å². The third kappa shape index (κ3) is 3.33. The molecule has 3 rings (SSSR count). The number of hydrogen-bond donors (Lipinski definition) is 1. The summed E-state index contributed by atoms with van der Waals surface area (Å²) in [6.07, 6.45) is 2.48. The molecule has 0 aromatic carbocycles. The van der Waals surface area contributed by atoms with Crippen molar-refractivity contribution in [2.24, 2.45) is 5.92 Å². The molecule has 0 spiro atoms. The van der Waals surface area contributed by atoms with E-state index in [-0.39, 0.29) is 29.9 Å². The van der Waals surface area contributed by atoms with Crippen molar-refractivity contribution in [2.75, 3.05) is 19.7 Å². The summed E-state index contributed by atoms with van der Waals surface area (Å²) in [5.74, 6) is -0.0834. The van der Waals surface area contributed by atoms with Crippen LogP contribution in [0.4, 0.5) is 0 Å². The van der Waals surface area contributed by atoms with Crippen molar-refractivity contribution < 1.29 is 14.3 Å². The number of likely N-dealkylation sites (tertiary alicyclic amines) is 1. The minimum atomic E-state index is -0.161. The van der Waals surface area contributed by atoms with E-state index in [0.717, 1.165) is 19.3 Å². The van der Waals surface area contributed by atoms with Gasteiger partial charge in [-0.1, -0.05) is 6.07 Å². The molecule has 22 heavy (non-hydrogen) atoms. The monoisotopic (exact) mass is 322 g/mol. The Bertz CT molecular complexity index is 532. The average Bonchev–Trinajstić information content (AvgIpc) is 3.16. The summed E-state index contributed by atoms with van der Waals surface area (Å²) in [5.41, 5.74) is 0. The van der Waals surface area contributed by atoms with Gasteiger partial charge in [0.25, 0.3) is 0 Å². The van der Waals surface area contributed by atoms with Crippen molar-refractivity contribution in [1.29, 1.82) is 0 Å². The van der Waals surface area contributed by atoms with Crippen molar-refractivity contribution in [2.45, 2.75) is 38.3 Å². The van der Waals surface area contributed by atoms with Crippen LogP contribution in [0.1, 0.15) is 24.6 Å². The summed E-state index contributed by atoms with van der Waals surface area (Å²) in [6, 6.07) is 4.25. The number of carbonyl (C=O) groups excluding carboxylic acids is 2. The molecule has 0 unspecified atom stereocenters. The molecule has 0 aliphatic carbocycles. The van der Waals surface area contributed by atoms with E-state index in [4.69, 9.17) is 4.74 Å². The zero-order valence-electron chi connectivity index (χ0n) is 12.8. The number of piperidine rings is 1. The van der Waals surface area contributed by atoms with Crippen LogP contribution >= 0.6 is 11.3 Å². The van der Waals surface area contributed by atoms with Crippen molar-refractivity contribution in [3.8, 4) is 0 Å². The molecule has 0 saturated carbocycles. The number of carbonyl (C=O) groups is 2. The van der Waals surface area contributed by atoms with Crippen LogP contribution in [-0.4, -0.2) is 48.6 Å². The van der Waals surface area contributed by atoms with Crippen LogP contribution < -0.4 is 5.32 Å². The summed E-state index contributed by atoms with van der Waals surface area (Å²) in [6.45, 7) is 3.42. The van der Waals surface area contributed by atoms with Gasteiger partial charge in [0.2, 0.25) is 11.8 Å². The first kappa shape index (κ1) is 15.5. The van der Waals surface area contributed by atoms with Crippen LogP contribution in [0.25, 0.3) is 0 Å². The number of thiophene rings is 1. The Labute approximate surface area is 134 Å². The molecule has 1 N–H and O–H groups in total. The van der Waals surface area contributed by atoms with Gasteiger partial charge in [-0.25, -0.2) is 0 Å². The van der Waals surface area contributed by atoms with Gasteiger partial charge in [-0.15, -0.1) is 11.3 Å². The summed E-state index contributed by atoms with van der Waals surface area (Å²) in [7, 11) is 0. The van der Waals surface area contributed by atoms with Gasteiger partial charge >= 0.3 is 0 Å². The first-order chi connectivity index (χ1) is 10.6. The smallest absolute Gasteiger partial charge is 0.225 e. The maximum Gasteiger partial charge on any atom is 0.225 e. The Kier molecular flexibility index (Phi) is 4.78. The van der Waals surface area contributed by atoms with E-state index in [0.29, 0.717) is 19.7 Å². The number of ether oxygens (including phenoxy) is 1. The van der Waals surface area contributed by atoms with Gasteiger partial charge in [-0.3, -0.25) is 9.59 Å². The summed E-state index contributed by atoms with van der Waals surface area (Å²) in [4.78, 5) is 27.3. The molecule has 2 aliphatic rings. The van der Waals surface area contributed by atoms with Crippen LogP contribution in [-0.2, 0) is 20.7 Å². The molecule has 6 heteroatoms. The van der Waals surface area contributed by atoms with Crippen LogP contribution in [0.15, 0.2) is 17.5 Å². The van der Waals surface area contributed by atoms with E-state index in [9.17, 15) is 9.59 Å². The Morgan fingerprint density at radius 3 is 3.09 bits per heavy atom. The van der Waals surface area contributed by atoms with Crippen molar-refractivity contribution in [1.82, 2.24) is 10.2 Å². The molecule has 1 aromatic rings. The molecule has 0 radical (unpaired) electrons. The maximum atomic E-state index is 12.4. The lowest BCUT2D eigenvalue weighted by atomic mass is 9.89. The lowest BCUT2D eigenvalue weighted by Crippen LogP contribution is -2.54. The number of hydrogen-bond acceptors (Lipinski definition) is 4. The normalized spacial score (nSPS) is 27.5. The molecule has 120 valence electrons. The van der Waals surface area contributed by atoms with Crippen LogP contribution in [0.2, 0.25) is 0 Å². The minimum Gasteiger partial charge on any atom is -0.376 e. The van der Waals surface area contributed by atoms with Gasteiger partial charge in [0.05, 0.1) is 18.1 Å². The molecule has 0 bridgehead atoms. The Morgan fingerprint density at radius 2 is 2.36 bits per heavy atom. The quantitative estimate of drug-likeness (QED) is 0.912. The van der Waals surface area contributed by atoms with E-state index in [2.05, 4.69) is 11.4 Å². The highest BCUT2D eigenvalue weighted by atomic mass is 32.1. The molecule has 2 fully saturated rings. The number of nitrogens with zero attached hydrogens (tertiary/aromatic N) is 1. The predicted molar refractivity (Wildman–Crippen MR) is 84.7 cm³/mol. The topological polar surface area (TPSA) is 58.6 Å². The molecule has 5 nitrogen and oxygen atoms in total. The fraction of sp³-hybridized carbons (Fsp3) is 0.625. The van der Waals surface area contributed by atoms with E-state index in [1.165, 1.54) is 4.88 Å². The van der Waals surface area contributed by atoms with Gasteiger partial charge in [0.1, 0.15) is 0 Å². The third-order valence-electron chi connectivity index (χ3n) is 4.53. The summed E-state index contributed by atoms with van der Waals surface area (Å²) in [5, 5.41) is 5.05. The Hall–Kier alpha value is -1.40. The van der Waals surface area contributed by atoms with E-state index in [1.54, 1.807) is 18.3 Å². The number of nitrogens with one attached hydrogen (secondary N) is 1. The molecule has 3 heterocycles. The number of fused-ring (bicyclic) bond motifs is 1. The average molecular weight is 322 g/mol. The highest BCUT2D eigenvalue weighted by Crippen LogP contribution is 2.31. The highest BCUT2D eigenvalue weighted by molar-refractivity contribution is 7.09.